The summed E-state index contributed by atoms with van der Waals surface area (Å²) in [7, 11) is 0. The molecule has 0 radical (unpaired) electrons. The Kier molecular flexibility index (Phi) is 3.36. The Bertz CT molecular complexity index is 730. The summed E-state index contributed by atoms with van der Waals surface area (Å²) < 4.78 is 0.634. The number of rotatable bonds is 2. The molecule has 2 aromatic carbocycles. The lowest BCUT2D eigenvalue weighted by Gasteiger charge is -2.17. The van der Waals surface area contributed by atoms with Gasteiger partial charge in [0.25, 0.3) is 11.7 Å². The van der Waals surface area contributed by atoms with Gasteiger partial charge >= 0.3 is 0 Å². The van der Waals surface area contributed by atoms with Crippen molar-refractivity contribution in [1.29, 1.82) is 0 Å². The number of Topliss-reactive ketones (excluding diaryl/α,β-unsaturated/α-hetero) is 1. The van der Waals surface area contributed by atoms with Crippen LogP contribution in [0.4, 0.5) is 5.69 Å². The zero-order chi connectivity index (χ0) is 14.3. The van der Waals surface area contributed by atoms with Gasteiger partial charge in [-0.1, -0.05) is 35.9 Å². The van der Waals surface area contributed by atoms with Crippen LogP contribution in [-0.2, 0) is 11.3 Å². The van der Waals surface area contributed by atoms with Crippen LogP contribution in [0.25, 0.3) is 0 Å². The maximum atomic E-state index is 12.1. The summed E-state index contributed by atoms with van der Waals surface area (Å²) in [5.74, 6) is -1.01. The molecule has 100 valence electrons. The molecule has 0 unspecified atom stereocenters. The maximum absolute atomic E-state index is 12.1. The van der Waals surface area contributed by atoms with Crippen LogP contribution in [0.5, 0.6) is 0 Å². The van der Waals surface area contributed by atoms with E-state index in [1.165, 1.54) is 4.90 Å². The smallest absolute Gasteiger partial charge is 0.299 e. The summed E-state index contributed by atoms with van der Waals surface area (Å²) in [6, 6.07) is 12.6. The van der Waals surface area contributed by atoms with Crippen LogP contribution >= 0.6 is 27.5 Å². The van der Waals surface area contributed by atoms with E-state index < -0.39 is 11.7 Å². The fourth-order valence-corrected chi connectivity index (χ4v) is 2.99. The van der Waals surface area contributed by atoms with Crippen LogP contribution in [0.15, 0.2) is 46.9 Å². The number of hydrogen-bond acceptors (Lipinski definition) is 2. The molecule has 0 aromatic heterocycles. The summed E-state index contributed by atoms with van der Waals surface area (Å²) in [5.41, 5.74) is 1.85. The van der Waals surface area contributed by atoms with Gasteiger partial charge in [0.2, 0.25) is 0 Å². The molecule has 0 spiro atoms. The summed E-state index contributed by atoms with van der Waals surface area (Å²) in [6.07, 6.45) is 0. The number of amides is 1. The van der Waals surface area contributed by atoms with Gasteiger partial charge in [0.1, 0.15) is 0 Å². The molecular formula is C15H9BrClNO2. The highest BCUT2D eigenvalue weighted by atomic mass is 79.9. The van der Waals surface area contributed by atoms with Crippen molar-refractivity contribution in [3.63, 3.8) is 0 Å². The molecule has 1 aliphatic heterocycles. The SMILES string of the molecule is O=C1C(=O)N(Cc2ccccc2Cl)c2cccc(Br)c21. The van der Waals surface area contributed by atoms with Gasteiger partial charge < -0.3 is 4.90 Å². The predicted octanol–water partition coefficient (Wildman–Crippen LogP) is 3.83. The molecule has 0 fully saturated rings. The van der Waals surface area contributed by atoms with E-state index in [2.05, 4.69) is 15.9 Å². The van der Waals surface area contributed by atoms with E-state index in [9.17, 15) is 9.59 Å². The topological polar surface area (TPSA) is 37.4 Å². The van der Waals surface area contributed by atoms with Gasteiger partial charge in [-0.3, -0.25) is 9.59 Å². The molecule has 0 aliphatic carbocycles. The third-order valence-corrected chi connectivity index (χ3v) is 4.26. The van der Waals surface area contributed by atoms with E-state index in [4.69, 9.17) is 11.6 Å². The first-order valence-corrected chi connectivity index (χ1v) is 7.15. The van der Waals surface area contributed by atoms with Crippen molar-refractivity contribution >= 4 is 44.9 Å². The first-order valence-electron chi connectivity index (χ1n) is 5.97. The molecule has 0 saturated carbocycles. The van der Waals surface area contributed by atoms with E-state index in [-0.39, 0.29) is 6.54 Å². The van der Waals surface area contributed by atoms with Crippen molar-refractivity contribution in [3.8, 4) is 0 Å². The molecule has 5 heteroatoms. The number of anilines is 1. The van der Waals surface area contributed by atoms with Gasteiger partial charge in [-0.15, -0.1) is 0 Å². The van der Waals surface area contributed by atoms with Crippen LogP contribution in [0.2, 0.25) is 5.02 Å². The average Bonchev–Trinajstić information content (AvgIpc) is 2.67. The van der Waals surface area contributed by atoms with Crippen LogP contribution in [0.3, 0.4) is 0 Å². The molecular weight excluding hydrogens is 342 g/mol. The summed E-state index contributed by atoms with van der Waals surface area (Å²) >= 11 is 9.43. The van der Waals surface area contributed by atoms with Crippen LogP contribution in [0.1, 0.15) is 15.9 Å². The van der Waals surface area contributed by atoms with E-state index in [0.29, 0.717) is 20.7 Å². The number of nitrogens with zero attached hydrogens (tertiary/aromatic N) is 1. The average molecular weight is 351 g/mol. The van der Waals surface area contributed by atoms with Gasteiger partial charge in [0.05, 0.1) is 17.8 Å². The molecule has 0 bridgehead atoms. The molecule has 3 rings (SSSR count). The number of carbonyl (C=O) groups excluding carboxylic acids is 2. The quantitative estimate of drug-likeness (QED) is 0.772. The van der Waals surface area contributed by atoms with Crippen molar-refractivity contribution < 1.29 is 9.59 Å². The minimum Gasteiger partial charge on any atom is -0.300 e. The highest BCUT2D eigenvalue weighted by molar-refractivity contribution is 9.10. The molecule has 0 saturated heterocycles. The van der Waals surface area contributed by atoms with E-state index >= 15 is 0 Å². The largest absolute Gasteiger partial charge is 0.300 e. The van der Waals surface area contributed by atoms with E-state index in [1.54, 1.807) is 24.3 Å². The van der Waals surface area contributed by atoms with Crippen molar-refractivity contribution in [3.05, 3.63) is 63.1 Å². The van der Waals surface area contributed by atoms with Crippen molar-refractivity contribution in [2.45, 2.75) is 6.54 Å². The van der Waals surface area contributed by atoms with Crippen molar-refractivity contribution in [2.24, 2.45) is 0 Å². The number of fused-ring (bicyclic) bond motifs is 1. The number of benzene rings is 2. The van der Waals surface area contributed by atoms with Crippen LogP contribution in [-0.4, -0.2) is 11.7 Å². The first-order chi connectivity index (χ1) is 9.59. The van der Waals surface area contributed by atoms with E-state index in [0.717, 1.165) is 5.56 Å². The highest BCUT2D eigenvalue weighted by Crippen LogP contribution is 2.35. The second-order valence-corrected chi connectivity index (χ2v) is 5.71. The maximum Gasteiger partial charge on any atom is 0.299 e. The fraction of sp³-hybridized carbons (Fsp3) is 0.0667. The monoisotopic (exact) mass is 349 g/mol. The second kappa shape index (κ2) is 5.04. The third-order valence-electron chi connectivity index (χ3n) is 3.24. The molecule has 0 atom stereocenters. The lowest BCUT2D eigenvalue weighted by atomic mass is 10.1. The molecule has 20 heavy (non-hydrogen) atoms. The molecule has 3 nitrogen and oxygen atoms in total. The first kappa shape index (κ1) is 13.3. The van der Waals surface area contributed by atoms with Gasteiger partial charge in [-0.2, -0.15) is 0 Å². The second-order valence-electron chi connectivity index (χ2n) is 4.45. The Balaban J connectivity index is 2.04. The lowest BCUT2D eigenvalue weighted by Crippen LogP contribution is -2.29. The standard InChI is InChI=1S/C15H9BrClNO2/c16-10-5-3-7-12-13(10)14(19)15(20)18(12)8-9-4-1-2-6-11(9)17/h1-7H,8H2. The Hall–Kier alpha value is -1.65. The molecule has 2 aromatic rings. The zero-order valence-electron chi connectivity index (χ0n) is 10.3. The van der Waals surface area contributed by atoms with Crippen LogP contribution < -0.4 is 4.90 Å². The van der Waals surface area contributed by atoms with Crippen molar-refractivity contribution in [2.75, 3.05) is 4.90 Å². The Morgan fingerprint density at radius 2 is 1.80 bits per heavy atom. The van der Waals surface area contributed by atoms with Gasteiger partial charge in [0.15, 0.2) is 0 Å². The minimum atomic E-state index is -0.521. The molecule has 1 heterocycles. The Morgan fingerprint density at radius 1 is 1.05 bits per heavy atom. The van der Waals surface area contributed by atoms with Crippen molar-refractivity contribution in [1.82, 2.24) is 0 Å². The molecule has 0 N–H and O–H groups in total. The summed E-state index contributed by atoms with van der Waals surface area (Å²) in [6.45, 7) is 0.285. The minimum absolute atomic E-state index is 0.285. The van der Waals surface area contributed by atoms with Gasteiger partial charge in [0, 0.05) is 9.50 Å². The highest BCUT2D eigenvalue weighted by Gasteiger charge is 2.37. The molecule has 1 aliphatic rings. The van der Waals surface area contributed by atoms with Crippen LogP contribution in [0, 0.1) is 0 Å². The normalized spacial score (nSPS) is 13.8. The van der Waals surface area contributed by atoms with Gasteiger partial charge in [-0.05, 0) is 39.7 Å². The van der Waals surface area contributed by atoms with E-state index in [1.807, 2.05) is 18.2 Å². The number of halogens is 2. The fourth-order valence-electron chi connectivity index (χ4n) is 2.26. The Morgan fingerprint density at radius 3 is 2.55 bits per heavy atom. The number of hydrogen-bond donors (Lipinski definition) is 0. The third kappa shape index (κ3) is 2.05. The van der Waals surface area contributed by atoms with Gasteiger partial charge in [-0.25, -0.2) is 0 Å². The summed E-state index contributed by atoms with van der Waals surface area (Å²) in [5, 5.41) is 0.580. The number of ketones is 1. The Labute approximate surface area is 129 Å². The number of carbonyl (C=O) groups is 2. The predicted molar refractivity (Wildman–Crippen MR) is 81.1 cm³/mol. The lowest BCUT2D eigenvalue weighted by molar-refractivity contribution is -0.114. The summed E-state index contributed by atoms with van der Waals surface area (Å²) in [4.78, 5) is 25.7. The molecule has 1 amide bonds. The zero-order valence-corrected chi connectivity index (χ0v) is 12.6.